The molecule has 0 saturated carbocycles. The van der Waals surface area contributed by atoms with Crippen LogP contribution in [0.25, 0.3) is 0 Å². The lowest BCUT2D eigenvalue weighted by Crippen LogP contribution is -2.32. The number of ketones is 1. The number of rotatable bonds is 2. The molecule has 3 nitrogen and oxygen atoms in total. The number of carbonyl (C=O) groups is 1. The third-order valence-corrected chi connectivity index (χ3v) is 2.11. The fourth-order valence-corrected chi connectivity index (χ4v) is 1.57. The Kier molecular flexibility index (Phi) is 2.62. The van der Waals surface area contributed by atoms with Gasteiger partial charge in [0.15, 0.2) is 0 Å². The van der Waals surface area contributed by atoms with Crippen LogP contribution >= 0.6 is 0 Å². The molecule has 1 N–H and O–H groups in total. The molecule has 0 aromatic rings. The fourth-order valence-electron chi connectivity index (χ4n) is 1.57. The van der Waals surface area contributed by atoms with E-state index in [1.807, 2.05) is 11.8 Å². The highest BCUT2D eigenvalue weighted by Crippen LogP contribution is 2.16. The minimum atomic E-state index is -0.232. The first kappa shape index (κ1) is 8.68. The maximum Gasteiger partial charge on any atom is 0.143 e. The summed E-state index contributed by atoms with van der Waals surface area (Å²) in [6, 6.07) is 0.355. The van der Waals surface area contributed by atoms with Crippen molar-refractivity contribution in [1.29, 1.82) is 0 Å². The maximum atomic E-state index is 10.7. The lowest BCUT2D eigenvalue weighted by molar-refractivity contribution is -0.118. The molecule has 11 heavy (non-hydrogen) atoms. The van der Waals surface area contributed by atoms with E-state index in [4.69, 9.17) is 0 Å². The first-order valence-electron chi connectivity index (χ1n) is 4.01. The summed E-state index contributed by atoms with van der Waals surface area (Å²) in [6.07, 6.45) is 0.567. The molecule has 0 amide bonds. The summed E-state index contributed by atoms with van der Waals surface area (Å²) in [5, 5.41) is 9.23. The van der Waals surface area contributed by atoms with Crippen molar-refractivity contribution >= 4 is 5.78 Å². The van der Waals surface area contributed by atoms with E-state index < -0.39 is 0 Å². The van der Waals surface area contributed by atoms with Crippen LogP contribution in [0, 0.1) is 0 Å². The molecule has 0 aromatic carbocycles. The zero-order valence-electron chi connectivity index (χ0n) is 7.08. The average molecular weight is 157 g/mol. The van der Waals surface area contributed by atoms with Crippen molar-refractivity contribution in [1.82, 2.24) is 4.90 Å². The number of likely N-dealkylation sites (tertiary alicyclic amines) is 1. The lowest BCUT2D eigenvalue weighted by Gasteiger charge is -2.18. The van der Waals surface area contributed by atoms with E-state index in [-0.39, 0.29) is 11.9 Å². The predicted octanol–water partition coefficient (Wildman–Crippen LogP) is 0.0305. The fraction of sp³-hybridized carbons (Fsp3) is 0.875. The number of aliphatic hydroxyl groups is 1. The SMILES string of the molecule is CC(=O)CN1CC(O)CC1C. The minimum absolute atomic E-state index is 0.172. The van der Waals surface area contributed by atoms with Crippen molar-refractivity contribution in [3.8, 4) is 0 Å². The van der Waals surface area contributed by atoms with Gasteiger partial charge < -0.3 is 5.11 Å². The molecule has 0 spiro atoms. The second kappa shape index (κ2) is 3.32. The van der Waals surface area contributed by atoms with Crippen LogP contribution < -0.4 is 0 Å². The molecule has 64 valence electrons. The molecule has 1 rings (SSSR count). The van der Waals surface area contributed by atoms with E-state index >= 15 is 0 Å². The Morgan fingerprint density at radius 1 is 1.73 bits per heavy atom. The molecule has 1 aliphatic rings. The van der Waals surface area contributed by atoms with Gasteiger partial charge in [0.25, 0.3) is 0 Å². The Morgan fingerprint density at radius 2 is 2.36 bits per heavy atom. The first-order valence-corrected chi connectivity index (χ1v) is 4.01. The second-order valence-electron chi connectivity index (χ2n) is 3.37. The topological polar surface area (TPSA) is 40.5 Å². The Labute approximate surface area is 67.0 Å². The number of carbonyl (C=O) groups excluding carboxylic acids is 1. The van der Waals surface area contributed by atoms with Gasteiger partial charge in [-0.25, -0.2) is 0 Å². The number of β-amino-alcohol motifs (C(OH)–C–C–N with tert-alkyl or cyclic N) is 1. The van der Waals surface area contributed by atoms with Gasteiger partial charge in [-0.1, -0.05) is 0 Å². The van der Waals surface area contributed by atoms with Crippen LogP contribution in [0.3, 0.4) is 0 Å². The van der Waals surface area contributed by atoms with Gasteiger partial charge >= 0.3 is 0 Å². The number of Topliss-reactive ketones (excluding diaryl/α,β-unsaturated/α-hetero) is 1. The highest BCUT2D eigenvalue weighted by molar-refractivity contribution is 5.77. The lowest BCUT2D eigenvalue weighted by atomic mass is 10.2. The van der Waals surface area contributed by atoms with Crippen molar-refractivity contribution in [3.63, 3.8) is 0 Å². The van der Waals surface area contributed by atoms with Crippen LogP contribution in [0.5, 0.6) is 0 Å². The van der Waals surface area contributed by atoms with Crippen molar-refractivity contribution in [2.24, 2.45) is 0 Å². The van der Waals surface area contributed by atoms with Crippen LogP contribution in [0.1, 0.15) is 20.3 Å². The van der Waals surface area contributed by atoms with Crippen LogP contribution in [0.4, 0.5) is 0 Å². The quantitative estimate of drug-likeness (QED) is 0.615. The molecule has 1 saturated heterocycles. The Morgan fingerprint density at radius 3 is 2.73 bits per heavy atom. The number of nitrogens with zero attached hydrogens (tertiary/aromatic N) is 1. The molecular formula is C8H15NO2. The van der Waals surface area contributed by atoms with Gasteiger partial charge in [-0.05, 0) is 20.3 Å². The summed E-state index contributed by atoms with van der Waals surface area (Å²) in [5.74, 6) is 0.172. The van der Waals surface area contributed by atoms with E-state index in [9.17, 15) is 9.90 Å². The van der Waals surface area contributed by atoms with E-state index in [0.29, 0.717) is 19.1 Å². The zero-order valence-corrected chi connectivity index (χ0v) is 7.08. The van der Waals surface area contributed by atoms with Crippen LogP contribution in [0.2, 0.25) is 0 Å². The first-order chi connectivity index (χ1) is 5.09. The molecule has 0 bridgehead atoms. The van der Waals surface area contributed by atoms with Gasteiger partial charge in [-0.15, -0.1) is 0 Å². The van der Waals surface area contributed by atoms with E-state index in [1.54, 1.807) is 6.92 Å². The number of aliphatic hydroxyl groups excluding tert-OH is 1. The summed E-state index contributed by atoms with van der Waals surface area (Å²) in [5.41, 5.74) is 0. The molecule has 3 heteroatoms. The molecule has 1 heterocycles. The summed E-state index contributed by atoms with van der Waals surface area (Å²) in [7, 11) is 0. The number of hydrogen-bond donors (Lipinski definition) is 1. The van der Waals surface area contributed by atoms with E-state index in [0.717, 1.165) is 6.42 Å². The molecule has 1 aliphatic heterocycles. The Bertz CT molecular complexity index is 158. The molecule has 0 aliphatic carbocycles. The van der Waals surface area contributed by atoms with Crippen LogP contribution in [-0.4, -0.2) is 41.0 Å². The highest BCUT2D eigenvalue weighted by atomic mass is 16.3. The van der Waals surface area contributed by atoms with Crippen LogP contribution in [-0.2, 0) is 4.79 Å². The van der Waals surface area contributed by atoms with Gasteiger partial charge in [0, 0.05) is 12.6 Å². The van der Waals surface area contributed by atoms with Gasteiger partial charge in [0.1, 0.15) is 5.78 Å². The van der Waals surface area contributed by atoms with Gasteiger partial charge in [-0.3, -0.25) is 9.69 Å². The van der Waals surface area contributed by atoms with Crippen molar-refractivity contribution in [2.45, 2.75) is 32.4 Å². The van der Waals surface area contributed by atoms with E-state index in [1.165, 1.54) is 0 Å². The largest absolute Gasteiger partial charge is 0.392 e. The molecule has 0 aromatic heterocycles. The van der Waals surface area contributed by atoms with Crippen molar-refractivity contribution < 1.29 is 9.90 Å². The van der Waals surface area contributed by atoms with Gasteiger partial charge in [0.2, 0.25) is 0 Å². The Balaban J connectivity index is 2.40. The van der Waals surface area contributed by atoms with Gasteiger partial charge in [-0.2, -0.15) is 0 Å². The number of hydrogen-bond acceptors (Lipinski definition) is 3. The third kappa shape index (κ3) is 2.27. The van der Waals surface area contributed by atoms with Crippen LogP contribution in [0.15, 0.2) is 0 Å². The van der Waals surface area contributed by atoms with E-state index in [2.05, 4.69) is 0 Å². The summed E-state index contributed by atoms with van der Waals surface area (Å²) in [6.45, 7) is 4.76. The highest BCUT2D eigenvalue weighted by Gasteiger charge is 2.27. The minimum Gasteiger partial charge on any atom is -0.392 e. The zero-order chi connectivity index (χ0) is 8.43. The third-order valence-electron chi connectivity index (χ3n) is 2.11. The second-order valence-corrected chi connectivity index (χ2v) is 3.37. The maximum absolute atomic E-state index is 10.7. The molecule has 0 radical (unpaired) electrons. The predicted molar refractivity (Wildman–Crippen MR) is 42.3 cm³/mol. The molecule has 1 fully saturated rings. The van der Waals surface area contributed by atoms with Crippen molar-refractivity contribution in [3.05, 3.63) is 0 Å². The smallest absolute Gasteiger partial charge is 0.143 e. The normalized spacial score (nSPS) is 32.6. The summed E-state index contributed by atoms with van der Waals surface area (Å²) in [4.78, 5) is 12.7. The van der Waals surface area contributed by atoms with Crippen molar-refractivity contribution in [2.75, 3.05) is 13.1 Å². The standard InChI is InChI=1S/C8H15NO2/c1-6-3-8(11)5-9(6)4-7(2)10/h6,8,11H,3-5H2,1-2H3. The molecule has 2 atom stereocenters. The molecule has 2 unspecified atom stereocenters. The van der Waals surface area contributed by atoms with Gasteiger partial charge in [0.05, 0.1) is 12.6 Å². The Hall–Kier alpha value is -0.410. The summed E-state index contributed by atoms with van der Waals surface area (Å²) < 4.78 is 0. The average Bonchev–Trinajstić information content (AvgIpc) is 2.09. The molecular weight excluding hydrogens is 142 g/mol. The summed E-state index contributed by atoms with van der Waals surface area (Å²) >= 11 is 0. The monoisotopic (exact) mass is 157 g/mol.